The lowest BCUT2D eigenvalue weighted by Crippen LogP contribution is -2.47. The van der Waals surface area contributed by atoms with Crippen molar-refractivity contribution in [3.05, 3.63) is 89.7 Å². The maximum Gasteiger partial charge on any atom is 0.255 e. The number of thiocarbonyl (C=S) groups is 1. The topological polar surface area (TPSA) is 61.6 Å². The molecule has 1 aliphatic heterocycles. The van der Waals surface area contributed by atoms with E-state index in [-0.39, 0.29) is 11.7 Å². The second-order valence-corrected chi connectivity index (χ2v) is 9.33. The van der Waals surface area contributed by atoms with E-state index in [1.54, 1.807) is 42.1 Å². The van der Waals surface area contributed by atoms with E-state index in [4.69, 9.17) is 18.0 Å². The molecule has 1 fully saturated rings. The number of carbonyl (C=O) groups is 1. The van der Waals surface area contributed by atoms with Gasteiger partial charge in [0.15, 0.2) is 0 Å². The number of anilines is 3. The van der Waals surface area contributed by atoms with E-state index >= 15 is 0 Å². The van der Waals surface area contributed by atoms with Crippen molar-refractivity contribution in [1.82, 2.24) is 4.90 Å². The van der Waals surface area contributed by atoms with Gasteiger partial charge in [0.25, 0.3) is 5.91 Å². The zero-order valence-corrected chi connectivity index (χ0v) is 19.7. The maximum atomic E-state index is 14.0. The zero-order chi connectivity index (χ0) is 23.2. The molecule has 0 unspecified atom stereocenters. The van der Waals surface area contributed by atoms with Crippen LogP contribution in [-0.4, -0.2) is 41.3 Å². The van der Waals surface area contributed by atoms with Crippen molar-refractivity contribution in [2.45, 2.75) is 5.75 Å². The van der Waals surface area contributed by atoms with Gasteiger partial charge in [0, 0.05) is 37.5 Å². The first-order chi connectivity index (χ1) is 16.0. The number of piperazine rings is 1. The van der Waals surface area contributed by atoms with Crippen molar-refractivity contribution in [1.29, 1.82) is 0 Å². The van der Waals surface area contributed by atoms with Crippen molar-refractivity contribution in [3.63, 3.8) is 0 Å². The third kappa shape index (κ3) is 5.83. The number of para-hydroxylation sites is 3. The zero-order valence-electron chi connectivity index (χ0n) is 18.0. The van der Waals surface area contributed by atoms with Gasteiger partial charge < -0.3 is 20.9 Å². The van der Waals surface area contributed by atoms with E-state index in [1.165, 1.54) is 6.07 Å². The van der Waals surface area contributed by atoms with Crippen molar-refractivity contribution in [3.8, 4) is 0 Å². The number of halogens is 1. The van der Waals surface area contributed by atoms with Crippen LogP contribution in [0.4, 0.5) is 21.5 Å². The van der Waals surface area contributed by atoms with Gasteiger partial charge in [-0.05, 0) is 42.0 Å². The van der Waals surface area contributed by atoms with E-state index in [1.807, 2.05) is 36.4 Å². The highest BCUT2D eigenvalue weighted by Gasteiger charge is 2.21. The predicted octanol–water partition coefficient (Wildman–Crippen LogP) is 5.00. The highest BCUT2D eigenvalue weighted by Crippen LogP contribution is 2.23. The molecule has 0 spiro atoms. The first-order valence-corrected chi connectivity index (χ1v) is 12.1. The van der Waals surface area contributed by atoms with Crippen LogP contribution in [0.3, 0.4) is 0 Å². The number of nitrogens with zero attached hydrogens (tertiary/aromatic N) is 2. The second-order valence-electron chi connectivity index (χ2n) is 7.72. The molecular weight excluding hydrogens is 455 g/mol. The fourth-order valence-electron chi connectivity index (χ4n) is 3.63. The number of rotatable bonds is 5. The highest BCUT2D eigenvalue weighted by atomic mass is 32.2. The number of thioether (sulfide) groups is 1. The van der Waals surface area contributed by atoms with Crippen LogP contribution in [0, 0.1) is 5.82 Å². The van der Waals surface area contributed by atoms with Crippen LogP contribution in [0.15, 0.2) is 72.8 Å². The molecule has 0 aliphatic carbocycles. The monoisotopic (exact) mass is 480 g/mol. The minimum absolute atomic E-state index is 0.188. The standard InChI is InChI=1S/C25H25FN4OS2/c26-20-5-1-4-8-23(20)29-13-15-30(16-14-29)25(32)33-17-18-9-11-19(12-10-18)24(31)28-22-7-3-2-6-21(22)27/h1-12H,13-17,27H2,(H,28,31). The molecule has 33 heavy (non-hydrogen) atoms. The molecule has 0 radical (unpaired) electrons. The van der Waals surface area contributed by atoms with Crippen molar-refractivity contribution >= 4 is 51.3 Å². The lowest BCUT2D eigenvalue weighted by molar-refractivity contribution is 0.102. The Labute approximate surface area is 202 Å². The first kappa shape index (κ1) is 23.1. The van der Waals surface area contributed by atoms with Crippen LogP contribution in [0.5, 0.6) is 0 Å². The van der Waals surface area contributed by atoms with Crippen LogP contribution in [0.25, 0.3) is 0 Å². The predicted molar refractivity (Wildman–Crippen MR) is 139 cm³/mol. The molecule has 0 saturated carbocycles. The second kappa shape index (κ2) is 10.7. The quantitative estimate of drug-likeness (QED) is 0.396. The molecule has 3 aromatic carbocycles. The molecule has 0 bridgehead atoms. The minimum Gasteiger partial charge on any atom is -0.397 e. The van der Waals surface area contributed by atoms with Crippen LogP contribution < -0.4 is 16.0 Å². The molecule has 0 atom stereocenters. The first-order valence-electron chi connectivity index (χ1n) is 10.7. The van der Waals surface area contributed by atoms with Gasteiger partial charge in [-0.1, -0.05) is 60.4 Å². The summed E-state index contributed by atoms with van der Waals surface area (Å²) in [4.78, 5) is 16.7. The average Bonchev–Trinajstić information content (AvgIpc) is 2.85. The summed E-state index contributed by atoms with van der Waals surface area (Å²) in [5, 5.41) is 2.83. The number of nitrogens with two attached hydrogens (primary N) is 1. The Morgan fingerprint density at radius 1 is 0.970 bits per heavy atom. The summed E-state index contributed by atoms with van der Waals surface area (Å²) in [6.07, 6.45) is 0. The number of nitrogen functional groups attached to an aromatic ring is 1. The molecule has 3 N–H and O–H groups in total. The Balaban J connectivity index is 1.25. The Hall–Kier alpha value is -3.10. The average molecular weight is 481 g/mol. The normalized spacial score (nSPS) is 13.6. The Morgan fingerprint density at radius 2 is 1.64 bits per heavy atom. The summed E-state index contributed by atoms with van der Waals surface area (Å²) in [6, 6.07) is 21.5. The summed E-state index contributed by atoms with van der Waals surface area (Å²) in [7, 11) is 0. The minimum atomic E-state index is -0.199. The lowest BCUT2D eigenvalue weighted by atomic mass is 10.1. The molecule has 8 heteroatoms. The van der Waals surface area contributed by atoms with Crippen molar-refractivity contribution in [2.24, 2.45) is 0 Å². The van der Waals surface area contributed by atoms with Gasteiger partial charge in [0.1, 0.15) is 10.1 Å². The van der Waals surface area contributed by atoms with E-state index in [0.717, 1.165) is 41.8 Å². The molecular formula is C25H25FN4OS2. The Morgan fingerprint density at radius 3 is 2.33 bits per heavy atom. The molecule has 1 aliphatic rings. The van der Waals surface area contributed by atoms with Gasteiger partial charge in [-0.15, -0.1) is 0 Å². The molecule has 1 heterocycles. The summed E-state index contributed by atoms with van der Waals surface area (Å²) in [6.45, 7) is 3.00. The Kier molecular flexibility index (Phi) is 7.47. The number of nitrogens with one attached hydrogen (secondary N) is 1. The van der Waals surface area contributed by atoms with Gasteiger partial charge in [-0.25, -0.2) is 4.39 Å². The fraction of sp³-hybridized carbons (Fsp3) is 0.200. The summed E-state index contributed by atoms with van der Waals surface area (Å²) >= 11 is 7.23. The molecule has 170 valence electrons. The van der Waals surface area contributed by atoms with Gasteiger partial charge >= 0.3 is 0 Å². The van der Waals surface area contributed by atoms with Gasteiger partial charge in [0.2, 0.25) is 0 Å². The molecule has 4 rings (SSSR count). The van der Waals surface area contributed by atoms with Crippen molar-refractivity contribution in [2.75, 3.05) is 42.1 Å². The molecule has 3 aromatic rings. The highest BCUT2D eigenvalue weighted by molar-refractivity contribution is 8.22. The largest absolute Gasteiger partial charge is 0.397 e. The summed E-state index contributed by atoms with van der Waals surface area (Å²) < 4.78 is 14.9. The number of benzene rings is 3. The summed E-state index contributed by atoms with van der Waals surface area (Å²) in [5.74, 6) is 0.336. The number of carbonyl (C=O) groups excluding carboxylic acids is 1. The van der Waals surface area contributed by atoms with E-state index < -0.39 is 0 Å². The maximum absolute atomic E-state index is 14.0. The number of amides is 1. The smallest absolute Gasteiger partial charge is 0.255 e. The van der Waals surface area contributed by atoms with Crippen molar-refractivity contribution < 1.29 is 9.18 Å². The van der Waals surface area contributed by atoms with E-state index in [9.17, 15) is 9.18 Å². The van der Waals surface area contributed by atoms with Crippen LogP contribution in [0.1, 0.15) is 15.9 Å². The summed E-state index contributed by atoms with van der Waals surface area (Å²) in [5.41, 5.74) is 9.32. The SMILES string of the molecule is Nc1ccccc1NC(=O)c1ccc(CSC(=S)N2CCN(c3ccccc3F)CC2)cc1. The van der Waals surface area contributed by atoms with Gasteiger partial charge in [0.05, 0.1) is 17.1 Å². The van der Waals surface area contributed by atoms with Crippen LogP contribution >= 0.6 is 24.0 Å². The van der Waals surface area contributed by atoms with Crippen LogP contribution in [0.2, 0.25) is 0 Å². The molecule has 5 nitrogen and oxygen atoms in total. The number of hydrogen-bond acceptors (Lipinski definition) is 5. The molecule has 1 saturated heterocycles. The van der Waals surface area contributed by atoms with E-state index in [0.29, 0.717) is 22.6 Å². The third-order valence-corrected chi connectivity index (χ3v) is 7.11. The van der Waals surface area contributed by atoms with E-state index in [2.05, 4.69) is 15.1 Å². The van der Waals surface area contributed by atoms with Crippen LogP contribution in [-0.2, 0) is 5.75 Å². The van der Waals surface area contributed by atoms with Gasteiger partial charge in [-0.3, -0.25) is 4.79 Å². The molecule has 0 aromatic heterocycles. The number of hydrogen-bond donors (Lipinski definition) is 2. The third-order valence-electron chi connectivity index (χ3n) is 5.52. The molecule has 1 amide bonds. The lowest BCUT2D eigenvalue weighted by Gasteiger charge is -2.37. The van der Waals surface area contributed by atoms with Gasteiger partial charge in [-0.2, -0.15) is 0 Å². The fourth-order valence-corrected chi connectivity index (χ4v) is 4.84. The Bertz CT molecular complexity index is 1130.